The van der Waals surface area contributed by atoms with E-state index in [0.29, 0.717) is 17.6 Å². The van der Waals surface area contributed by atoms with Gasteiger partial charge in [-0.15, -0.1) is 0 Å². The van der Waals surface area contributed by atoms with Crippen molar-refractivity contribution in [1.29, 1.82) is 0 Å². The van der Waals surface area contributed by atoms with E-state index in [1.165, 1.54) is 36.4 Å². The van der Waals surface area contributed by atoms with E-state index in [9.17, 15) is 4.39 Å². The number of aromatic nitrogens is 3. The van der Waals surface area contributed by atoms with Gasteiger partial charge in [-0.25, -0.2) is 19.3 Å². The van der Waals surface area contributed by atoms with Gasteiger partial charge in [0.2, 0.25) is 5.95 Å². The average Bonchev–Trinajstić information content (AvgIpc) is 2.93. The van der Waals surface area contributed by atoms with Crippen LogP contribution >= 0.6 is 11.9 Å². The van der Waals surface area contributed by atoms with Gasteiger partial charge in [0, 0.05) is 45.4 Å². The van der Waals surface area contributed by atoms with Gasteiger partial charge in [-0.2, -0.15) is 0 Å². The zero-order valence-corrected chi connectivity index (χ0v) is 24.2. The van der Waals surface area contributed by atoms with E-state index in [2.05, 4.69) is 59.1 Å². The highest BCUT2D eigenvalue weighted by Gasteiger charge is 2.23. The summed E-state index contributed by atoms with van der Waals surface area (Å²) in [6.45, 7) is 5.97. The first-order valence-electron chi connectivity index (χ1n) is 13.7. The standard InChI is InChI=1S/C31H37FN6S/c1-6-21-16-22(26-14-15-29(34-20(26)3)37-39-28-9-7-8-27(32)19(28)2)17-23-18-33-31(36-30(21)23)35-24-10-12-25(13-11-24)38(4)5/h7-9,14-18,24-25H,6,10-13H2,1-5H3,(H,34,37)(H,33,35,36). The second kappa shape index (κ2) is 11.9. The van der Waals surface area contributed by atoms with Crippen molar-refractivity contribution in [2.45, 2.75) is 69.9 Å². The largest absolute Gasteiger partial charge is 0.351 e. The molecule has 1 aliphatic rings. The highest BCUT2D eigenvalue weighted by atomic mass is 32.2. The second-order valence-electron chi connectivity index (χ2n) is 10.6. The fourth-order valence-electron chi connectivity index (χ4n) is 5.36. The van der Waals surface area contributed by atoms with Gasteiger partial charge >= 0.3 is 0 Å². The van der Waals surface area contributed by atoms with Crippen molar-refractivity contribution in [3.63, 3.8) is 0 Å². The Kier molecular flexibility index (Phi) is 8.33. The van der Waals surface area contributed by atoms with Crippen molar-refractivity contribution in [3.8, 4) is 11.1 Å². The van der Waals surface area contributed by atoms with E-state index in [4.69, 9.17) is 9.97 Å². The third kappa shape index (κ3) is 6.17. The van der Waals surface area contributed by atoms with Crippen LogP contribution < -0.4 is 10.0 Å². The predicted octanol–water partition coefficient (Wildman–Crippen LogP) is 7.41. The minimum Gasteiger partial charge on any atom is -0.351 e. The first-order chi connectivity index (χ1) is 18.8. The Balaban J connectivity index is 1.33. The number of hydrogen-bond acceptors (Lipinski definition) is 7. The summed E-state index contributed by atoms with van der Waals surface area (Å²) >= 11 is 1.37. The molecule has 0 aliphatic heterocycles. The number of benzene rings is 2. The lowest BCUT2D eigenvalue weighted by Crippen LogP contribution is -2.36. The molecule has 0 atom stereocenters. The zero-order chi connectivity index (χ0) is 27.5. The van der Waals surface area contributed by atoms with Gasteiger partial charge in [-0.05, 0) is 120 Å². The summed E-state index contributed by atoms with van der Waals surface area (Å²) in [6, 6.07) is 14.6. The van der Waals surface area contributed by atoms with E-state index < -0.39 is 0 Å². The van der Waals surface area contributed by atoms with Crippen molar-refractivity contribution in [2.75, 3.05) is 24.1 Å². The summed E-state index contributed by atoms with van der Waals surface area (Å²) in [4.78, 5) is 17.6. The summed E-state index contributed by atoms with van der Waals surface area (Å²) in [5.74, 6) is 1.25. The number of nitrogens with one attached hydrogen (secondary N) is 2. The van der Waals surface area contributed by atoms with Crippen LogP contribution in [0.15, 0.2) is 53.6 Å². The normalized spacial score (nSPS) is 17.5. The molecule has 2 N–H and O–H groups in total. The summed E-state index contributed by atoms with van der Waals surface area (Å²) in [5.41, 5.74) is 5.93. The molecule has 0 unspecified atom stereocenters. The maximum atomic E-state index is 13.9. The molecule has 8 heteroatoms. The fourth-order valence-corrected chi connectivity index (χ4v) is 6.09. The smallest absolute Gasteiger partial charge is 0.223 e. The molecule has 0 saturated heterocycles. The van der Waals surface area contributed by atoms with Crippen LogP contribution in [0, 0.1) is 19.7 Å². The Morgan fingerprint density at radius 3 is 2.54 bits per heavy atom. The number of pyridine rings is 1. The molecule has 0 radical (unpaired) electrons. The molecule has 0 spiro atoms. The Labute approximate surface area is 235 Å². The Morgan fingerprint density at radius 2 is 1.82 bits per heavy atom. The zero-order valence-electron chi connectivity index (χ0n) is 23.4. The van der Waals surface area contributed by atoms with Crippen molar-refractivity contribution in [1.82, 2.24) is 19.9 Å². The summed E-state index contributed by atoms with van der Waals surface area (Å²) in [5, 5.41) is 4.63. The number of nitrogens with zero attached hydrogens (tertiary/aromatic N) is 4. The van der Waals surface area contributed by atoms with Crippen LogP contribution in [0.2, 0.25) is 0 Å². The van der Waals surface area contributed by atoms with Gasteiger partial charge in [-0.3, -0.25) is 0 Å². The number of anilines is 2. The van der Waals surface area contributed by atoms with Gasteiger partial charge < -0.3 is 14.9 Å². The predicted molar refractivity (Wildman–Crippen MR) is 161 cm³/mol. The summed E-state index contributed by atoms with van der Waals surface area (Å²) in [6.07, 6.45) is 7.50. The Bertz CT molecular complexity index is 1470. The number of hydrogen-bond donors (Lipinski definition) is 2. The molecule has 5 rings (SSSR count). The van der Waals surface area contributed by atoms with Crippen LogP contribution in [-0.4, -0.2) is 46.0 Å². The maximum Gasteiger partial charge on any atom is 0.223 e. The van der Waals surface area contributed by atoms with E-state index in [0.717, 1.165) is 63.6 Å². The highest BCUT2D eigenvalue weighted by molar-refractivity contribution is 8.00. The third-order valence-electron chi connectivity index (χ3n) is 7.78. The molecule has 2 heterocycles. The molecule has 1 saturated carbocycles. The monoisotopic (exact) mass is 544 g/mol. The van der Waals surface area contributed by atoms with E-state index in [-0.39, 0.29) is 5.82 Å². The molecule has 2 aromatic carbocycles. The third-order valence-corrected chi connectivity index (χ3v) is 8.76. The van der Waals surface area contributed by atoms with Crippen LogP contribution in [0.25, 0.3) is 22.0 Å². The lowest BCUT2D eigenvalue weighted by Gasteiger charge is -2.33. The molecule has 39 heavy (non-hydrogen) atoms. The Morgan fingerprint density at radius 1 is 1.03 bits per heavy atom. The first kappa shape index (κ1) is 27.3. The molecule has 4 aromatic rings. The van der Waals surface area contributed by atoms with Crippen LogP contribution in [0.5, 0.6) is 0 Å². The highest BCUT2D eigenvalue weighted by Crippen LogP contribution is 2.32. The van der Waals surface area contributed by atoms with Crippen LogP contribution in [0.4, 0.5) is 16.2 Å². The molecule has 204 valence electrons. The number of rotatable bonds is 8. The molecule has 0 bridgehead atoms. The van der Waals surface area contributed by atoms with Crippen molar-refractivity contribution < 1.29 is 4.39 Å². The molecule has 6 nitrogen and oxygen atoms in total. The van der Waals surface area contributed by atoms with Gasteiger partial charge in [0.05, 0.1) is 5.52 Å². The minimum absolute atomic E-state index is 0.205. The maximum absolute atomic E-state index is 13.9. The average molecular weight is 545 g/mol. The fraction of sp³-hybridized carbons (Fsp3) is 0.387. The molecule has 1 fully saturated rings. The van der Waals surface area contributed by atoms with Gasteiger partial charge in [0.15, 0.2) is 0 Å². The number of fused-ring (bicyclic) bond motifs is 1. The second-order valence-corrected chi connectivity index (χ2v) is 11.5. The topological polar surface area (TPSA) is 66.0 Å². The van der Waals surface area contributed by atoms with Crippen molar-refractivity contribution in [2.24, 2.45) is 0 Å². The Hall–Kier alpha value is -3.23. The van der Waals surface area contributed by atoms with Gasteiger partial charge in [-0.1, -0.05) is 13.0 Å². The van der Waals surface area contributed by atoms with E-state index >= 15 is 0 Å². The molecule has 1 aliphatic carbocycles. The lowest BCUT2D eigenvalue weighted by molar-refractivity contribution is 0.221. The van der Waals surface area contributed by atoms with Gasteiger partial charge in [0.25, 0.3) is 0 Å². The van der Waals surface area contributed by atoms with Crippen LogP contribution in [0.3, 0.4) is 0 Å². The molecular weight excluding hydrogens is 507 g/mol. The summed E-state index contributed by atoms with van der Waals surface area (Å²) in [7, 11) is 4.34. The minimum atomic E-state index is -0.205. The van der Waals surface area contributed by atoms with E-state index in [1.807, 2.05) is 25.3 Å². The molecule has 2 aromatic heterocycles. The first-order valence-corrected chi connectivity index (χ1v) is 14.5. The van der Waals surface area contributed by atoms with Crippen molar-refractivity contribution in [3.05, 3.63) is 71.3 Å². The number of aryl methyl sites for hydroxylation is 2. The molecular formula is C31H37FN6S. The number of halogens is 1. The van der Waals surface area contributed by atoms with E-state index in [1.54, 1.807) is 13.0 Å². The quantitative estimate of drug-likeness (QED) is 0.224. The van der Waals surface area contributed by atoms with Gasteiger partial charge in [0.1, 0.15) is 11.6 Å². The SMILES string of the molecule is CCc1cc(-c2ccc(NSc3cccc(F)c3C)nc2C)cc2cnc(NC3CCC(N(C)C)CC3)nc12. The lowest BCUT2D eigenvalue weighted by atomic mass is 9.90. The van der Waals surface area contributed by atoms with Crippen molar-refractivity contribution >= 4 is 34.6 Å². The van der Waals surface area contributed by atoms with Crippen LogP contribution in [0.1, 0.15) is 49.4 Å². The molecule has 0 amide bonds. The summed E-state index contributed by atoms with van der Waals surface area (Å²) < 4.78 is 17.1. The van der Waals surface area contributed by atoms with Crippen LogP contribution in [-0.2, 0) is 6.42 Å².